The summed E-state index contributed by atoms with van der Waals surface area (Å²) in [5.74, 6) is 0.898. The van der Waals surface area contributed by atoms with Crippen molar-refractivity contribution in [2.45, 2.75) is 19.9 Å². The normalized spacial score (nSPS) is 12.5. The number of aryl methyl sites for hydroxylation is 2. The lowest BCUT2D eigenvalue weighted by atomic mass is 10.1. The van der Waals surface area contributed by atoms with Gasteiger partial charge < -0.3 is 9.88 Å². The molecule has 0 amide bonds. The molecule has 1 N–H and O–H groups in total. The van der Waals surface area contributed by atoms with Crippen LogP contribution in [0, 0.1) is 6.92 Å². The lowest BCUT2D eigenvalue weighted by Crippen LogP contribution is -2.10. The van der Waals surface area contributed by atoms with Gasteiger partial charge in [0.05, 0.1) is 11.7 Å². The SMILES string of the molecule is Cc1cn(C)c(NC(C)c2cccc(Br)c2)n1. The van der Waals surface area contributed by atoms with Crippen LogP contribution >= 0.6 is 15.9 Å². The van der Waals surface area contributed by atoms with Crippen LogP contribution in [0.25, 0.3) is 0 Å². The first-order chi connectivity index (χ1) is 8.06. The van der Waals surface area contributed by atoms with E-state index < -0.39 is 0 Å². The van der Waals surface area contributed by atoms with Crippen LogP contribution < -0.4 is 5.32 Å². The van der Waals surface area contributed by atoms with E-state index in [0.29, 0.717) is 0 Å². The second-order valence-electron chi connectivity index (χ2n) is 4.24. The Labute approximate surface area is 110 Å². The third-order valence-electron chi connectivity index (χ3n) is 2.69. The molecule has 0 spiro atoms. The molecular formula is C13H16BrN3. The second kappa shape index (κ2) is 4.92. The monoisotopic (exact) mass is 293 g/mol. The van der Waals surface area contributed by atoms with Gasteiger partial charge in [-0.3, -0.25) is 0 Å². The summed E-state index contributed by atoms with van der Waals surface area (Å²) < 4.78 is 3.10. The number of rotatable bonds is 3. The first kappa shape index (κ1) is 12.2. The number of anilines is 1. The van der Waals surface area contributed by atoms with Crippen LogP contribution in [0.3, 0.4) is 0 Å². The van der Waals surface area contributed by atoms with Gasteiger partial charge in [-0.2, -0.15) is 0 Å². The van der Waals surface area contributed by atoms with Gasteiger partial charge in [-0.05, 0) is 31.5 Å². The lowest BCUT2D eigenvalue weighted by Gasteiger charge is -2.15. The fourth-order valence-corrected chi connectivity index (χ4v) is 2.22. The molecule has 4 heteroatoms. The molecule has 0 radical (unpaired) electrons. The van der Waals surface area contributed by atoms with Crippen molar-refractivity contribution < 1.29 is 0 Å². The minimum Gasteiger partial charge on any atom is -0.349 e. The number of hydrogen-bond acceptors (Lipinski definition) is 2. The molecule has 0 fully saturated rings. The van der Waals surface area contributed by atoms with Gasteiger partial charge in [0.25, 0.3) is 0 Å². The van der Waals surface area contributed by atoms with E-state index in [1.165, 1.54) is 5.56 Å². The van der Waals surface area contributed by atoms with Crippen molar-refractivity contribution in [3.8, 4) is 0 Å². The summed E-state index contributed by atoms with van der Waals surface area (Å²) in [5, 5.41) is 3.41. The molecule has 1 unspecified atom stereocenters. The third-order valence-corrected chi connectivity index (χ3v) is 3.18. The highest BCUT2D eigenvalue weighted by atomic mass is 79.9. The van der Waals surface area contributed by atoms with E-state index in [4.69, 9.17) is 0 Å². The smallest absolute Gasteiger partial charge is 0.203 e. The summed E-state index contributed by atoms with van der Waals surface area (Å²) in [6, 6.07) is 8.53. The molecule has 0 saturated heterocycles. The van der Waals surface area contributed by atoms with Gasteiger partial charge in [-0.1, -0.05) is 28.1 Å². The fraction of sp³-hybridized carbons (Fsp3) is 0.308. The molecule has 1 heterocycles. The topological polar surface area (TPSA) is 29.9 Å². The number of nitrogens with zero attached hydrogens (tertiary/aromatic N) is 2. The summed E-state index contributed by atoms with van der Waals surface area (Å²) in [6.45, 7) is 4.13. The van der Waals surface area contributed by atoms with Crippen molar-refractivity contribution in [1.29, 1.82) is 0 Å². The Morgan fingerprint density at radius 1 is 1.41 bits per heavy atom. The first-order valence-electron chi connectivity index (χ1n) is 5.58. The molecule has 0 bridgehead atoms. The zero-order valence-corrected chi connectivity index (χ0v) is 11.8. The highest BCUT2D eigenvalue weighted by Gasteiger charge is 2.09. The van der Waals surface area contributed by atoms with Gasteiger partial charge in [0.2, 0.25) is 5.95 Å². The maximum absolute atomic E-state index is 4.44. The molecule has 90 valence electrons. The number of imidazole rings is 1. The molecule has 1 atom stereocenters. The molecule has 3 nitrogen and oxygen atoms in total. The first-order valence-corrected chi connectivity index (χ1v) is 6.37. The molecular weight excluding hydrogens is 278 g/mol. The predicted molar refractivity (Wildman–Crippen MR) is 74.1 cm³/mol. The van der Waals surface area contributed by atoms with Gasteiger partial charge in [0, 0.05) is 17.7 Å². The zero-order valence-electron chi connectivity index (χ0n) is 10.2. The highest BCUT2D eigenvalue weighted by Crippen LogP contribution is 2.21. The highest BCUT2D eigenvalue weighted by molar-refractivity contribution is 9.10. The molecule has 17 heavy (non-hydrogen) atoms. The third kappa shape index (κ3) is 2.88. The van der Waals surface area contributed by atoms with E-state index in [-0.39, 0.29) is 6.04 Å². The standard InChI is InChI=1S/C13H16BrN3/c1-9-8-17(3)13(15-9)16-10(2)11-5-4-6-12(14)7-11/h4-8,10H,1-3H3,(H,15,16). The van der Waals surface area contributed by atoms with Crippen molar-refractivity contribution in [3.05, 3.63) is 46.2 Å². The Kier molecular flexibility index (Phi) is 3.52. The summed E-state index contributed by atoms with van der Waals surface area (Å²) in [4.78, 5) is 4.44. The van der Waals surface area contributed by atoms with Gasteiger partial charge in [-0.25, -0.2) is 4.98 Å². The Bertz CT molecular complexity index is 519. The minimum absolute atomic E-state index is 0.230. The second-order valence-corrected chi connectivity index (χ2v) is 5.15. The fourth-order valence-electron chi connectivity index (χ4n) is 1.80. The van der Waals surface area contributed by atoms with Gasteiger partial charge in [-0.15, -0.1) is 0 Å². The molecule has 0 saturated carbocycles. The van der Waals surface area contributed by atoms with Gasteiger partial charge in [0.1, 0.15) is 0 Å². The summed E-state index contributed by atoms with van der Waals surface area (Å²) in [7, 11) is 2.00. The van der Waals surface area contributed by atoms with Crippen molar-refractivity contribution in [3.63, 3.8) is 0 Å². The Morgan fingerprint density at radius 3 is 2.76 bits per heavy atom. The number of halogens is 1. The summed E-state index contributed by atoms with van der Waals surface area (Å²) in [5.41, 5.74) is 2.26. The average molecular weight is 294 g/mol. The van der Waals surface area contributed by atoms with Crippen LogP contribution in [0.4, 0.5) is 5.95 Å². The number of nitrogens with one attached hydrogen (secondary N) is 1. The van der Waals surface area contributed by atoms with Crippen molar-refractivity contribution in [2.75, 3.05) is 5.32 Å². The van der Waals surface area contributed by atoms with E-state index in [2.05, 4.69) is 45.3 Å². The molecule has 1 aromatic carbocycles. The maximum Gasteiger partial charge on any atom is 0.203 e. The van der Waals surface area contributed by atoms with Crippen molar-refractivity contribution in [2.24, 2.45) is 7.05 Å². The van der Waals surface area contributed by atoms with E-state index in [0.717, 1.165) is 16.1 Å². The quantitative estimate of drug-likeness (QED) is 0.936. The number of benzene rings is 1. The van der Waals surface area contributed by atoms with Crippen LogP contribution in [0.2, 0.25) is 0 Å². The number of aromatic nitrogens is 2. The predicted octanol–water partition coefficient (Wildman–Crippen LogP) is 3.66. The zero-order chi connectivity index (χ0) is 12.4. The van der Waals surface area contributed by atoms with Crippen LogP contribution in [0.15, 0.2) is 34.9 Å². The lowest BCUT2D eigenvalue weighted by molar-refractivity contribution is 0.822. The molecule has 0 aliphatic rings. The van der Waals surface area contributed by atoms with Crippen molar-refractivity contribution >= 4 is 21.9 Å². The number of hydrogen-bond donors (Lipinski definition) is 1. The largest absolute Gasteiger partial charge is 0.349 e. The molecule has 1 aromatic heterocycles. The molecule has 2 aromatic rings. The molecule has 0 aliphatic carbocycles. The van der Waals surface area contributed by atoms with Crippen LogP contribution in [0.5, 0.6) is 0 Å². The molecule has 2 rings (SSSR count). The minimum atomic E-state index is 0.230. The van der Waals surface area contributed by atoms with E-state index in [1.54, 1.807) is 0 Å². The molecule has 0 aliphatic heterocycles. The van der Waals surface area contributed by atoms with Gasteiger partial charge in [0.15, 0.2) is 0 Å². The van der Waals surface area contributed by atoms with E-state index in [9.17, 15) is 0 Å². The summed E-state index contributed by atoms with van der Waals surface area (Å²) >= 11 is 3.49. The van der Waals surface area contributed by atoms with E-state index in [1.807, 2.05) is 36.9 Å². The Hall–Kier alpha value is -1.29. The van der Waals surface area contributed by atoms with Crippen LogP contribution in [-0.4, -0.2) is 9.55 Å². The average Bonchev–Trinajstić information content (AvgIpc) is 2.57. The van der Waals surface area contributed by atoms with E-state index >= 15 is 0 Å². The Balaban J connectivity index is 2.16. The maximum atomic E-state index is 4.44. The summed E-state index contributed by atoms with van der Waals surface area (Å²) in [6.07, 6.45) is 2.01. The van der Waals surface area contributed by atoms with Crippen molar-refractivity contribution in [1.82, 2.24) is 9.55 Å². The van der Waals surface area contributed by atoms with Crippen LogP contribution in [-0.2, 0) is 7.05 Å². The van der Waals surface area contributed by atoms with Crippen LogP contribution in [0.1, 0.15) is 24.2 Å². The van der Waals surface area contributed by atoms with Gasteiger partial charge >= 0.3 is 0 Å². The Morgan fingerprint density at radius 2 is 2.18 bits per heavy atom.